The monoisotopic (exact) mass is 365 g/mol. The Morgan fingerprint density at radius 2 is 1.92 bits per heavy atom. The van der Waals surface area contributed by atoms with Crippen LogP contribution >= 0.6 is 11.3 Å². The van der Waals surface area contributed by atoms with Gasteiger partial charge in [-0.2, -0.15) is 0 Å². The van der Waals surface area contributed by atoms with E-state index in [0.717, 1.165) is 48.1 Å². The Kier molecular flexibility index (Phi) is 4.88. The summed E-state index contributed by atoms with van der Waals surface area (Å²) in [6, 6.07) is 11.8. The first kappa shape index (κ1) is 16.7. The Bertz CT molecular complexity index is 843. The van der Waals surface area contributed by atoms with E-state index in [1.807, 2.05) is 46.7 Å². The van der Waals surface area contributed by atoms with Crippen LogP contribution in [0.1, 0.15) is 4.88 Å². The van der Waals surface area contributed by atoms with Gasteiger partial charge in [0, 0.05) is 49.0 Å². The van der Waals surface area contributed by atoms with Crippen molar-refractivity contribution in [1.29, 1.82) is 0 Å². The first-order chi connectivity index (χ1) is 12.8. The second kappa shape index (κ2) is 7.61. The van der Waals surface area contributed by atoms with Crippen LogP contribution in [0.15, 0.2) is 54.2 Å². The SMILES string of the molecule is O=C(Cc1cccs1)N1CCN(c2ccc(-c3cccnc3)nn2)CC1. The molecular formula is C19H19N5OS. The van der Waals surface area contributed by atoms with Crippen molar-refractivity contribution in [3.63, 3.8) is 0 Å². The molecule has 0 N–H and O–H groups in total. The van der Waals surface area contributed by atoms with Gasteiger partial charge in [-0.1, -0.05) is 6.07 Å². The molecule has 0 atom stereocenters. The maximum Gasteiger partial charge on any atom is 0.227 e. The normalized spacial score (nSPS) is 14.5. The fourth-order valence-corrected chi connectivity index (χ4v) is 3.72. The number of piperazine rings is 1. The number of thiophene rings is 1. The first-order valence-corrected chi connectivity index (χ1v) is 9.47. The van der Waals surface area contributed by atoms with Crippen LogP contribution in [0.5, 0.6) is 0 Å². The van der Waals surface area contributed by atoms with Crippen LogP contribution < -0.4 is 4.90 Å². The van der Waals surface area contributed by atoms with Crippen molar-refractivity contribution in [2.24, 2.45) is 0 Å². The van der Waals surface area contributed by atoms with Gasteiger partial charge in [0.1, 0.15) is 0 Å². The predicted molar refractivity (Wildman–Crippen MR) is 102 cm³/mol. The van der Waals surface area contributed by atoms with Crippen LogP contribution in [0.2, 0.25) is 0 Å². The maximum absolute atomic E-state index is 12.4. The quantitative estimate of drug-likeness (QED) is 0.711. The molecule has 4 heterocycles. The molecule has 1 aliphatic rings. The number of nitrogens with zero attached hydrogens (tertiary/aromatic N) is 5. The third-order valence-corrected chi connectivity index (χ3v) is 5.35. The number of pyridine rings is 1. The lowest BCUT2D eigenvalue weighted by atomic mass is 10.2. The lowest BCUT2D eigenvalue weighted by Crippen LogP contribution is -2.49. The van der Waals surface area contributed by atoms with E-state index in [0.29, 0.717) is 6.42 Å². The van der Waals surface area contributed by atoms with E-state index in [4.69, 9.17) is 0 Å². The van der Waals surface area contributed by atoms with Crippen molar-refractivity contribution < 1.29 is 4.79 Å². The number of aromatic nitrogens is 3. The molecular weight excluding hydrogens is 346 g/mol. The summed E-state index contributed by atoms with van der Waals surface area (Å²) in [5.74, 6) is 1.05. The van der Waals surface area contributed by atoms with Crippen LogP contribution in [0.3, 0.4) is 0 Å². The summed E-state index contributed by atoms with van der Waals surface area (Å²) in [7, 11) is 0. The fourth-order valence-electron chi connectivity index (χ4n) is 3.02. The summed E-state index contributed by atoms with van der Waals surface area (Å²) in [5, 5.41) is 10.7. The van der Waals surface area contributed by atoms with E-state index in [1.54, 1.807) is 23.7 Å². The van der Waals surface area contributed by atoms with Gasteiger partial charge >= 0.3 is 0 Å². The van der Waals surface area contributed by atoms with Crippen LogP contribution in [0, 0.1) is 0 Å². The molecule has 0 aliphatic carbocycles. The zero-order valence-electron chi connectivity index (χ0n) is 14.3. The molecule has 1 aliphatic heterocycles. The fraction of sp³-hybridized carbons (Fsp3) is 0.263. The molecule has 7 heteroatoms. The van der Waals surface area contributed by atoms with Crippen LogP contribution in [0.4, 0.5) is 5.82 Å². The average Bonchev–Trinajstić information content (AvgIpc) is 3.22. The summed E-state index contributed by atoms with van der Waals surface area (Å²) >= 11 is 1.63. The molecule has 132 valence electrons. The molecule has 1 amide bonds. The highest BCUT2D eigenvalue weighted by atomic mass is 32.1. The van der Waals surface area contributed by atoms with Crippen molar-refractivity contribution in [2.45, 2.75) is 6.42 Å². The Labute approximate surface area is 156 Å². The summed E-state index contributed by atoms with van der Waals surface area (Å²) in [6.45, 7) is 2.99. The molecule has 0 spiro atoms. The van der Waals surface area contributed by atoms with Crippen molar-refractivity contribution in [3.05, 3.63) is 59.0 Å². The van der Waals surface area contributed by atoms with Crippen molar-refractivity contribution in [2.75, 3.05) is 31.1 Å². The van der Waals surface area contributed by atoms with Gasteiger partial charge in [0.15, 0.2) is 5.82 Å². The molecule has 6 nitrogen and oxygen atoms in total. The molecule has 3 aromatic heterocycles. The topological polar surface area (TPSA) is 62.2 Å². The minimum absolute atomic E-state index is 0.199. The van der Waals surface area contributed by atoms with Gasteiger partial charge in [-0.15, -0.1) is 21.5 Å². The van der Waals surface area contributed by atoms with Crippen LogP contribution in [-0.2, 0) is 11.2 Å². The average molecular weight is 365 g/mol. The number of amides is 1. The molecule has 1 fully saturated rings. The minimum Gasteiger partial charge on any atom is -0.352 e. The van der Waals surface area contributed by atoms with E-state index in [9.17, 15) is 4.79 Å². The molecule has 3 aromatic rings. The van der Waals surface area contributed by atoms with Gasteiger partial charge in [-0.25, -0.2) is 0 Å². The van der Waals surface area contributed by atoms with Gasteiger partial charge < -0.3 is 9.80 Å². The number of rotatable bonds is 4. The third kappa shape index (κ3) is 3.72. The van der Waals surface area contributed by atoms with Gasteiger partial charge in [-0.3, -0.25) is 9.78 Å². The van der Waals surface area contributed by atoms with E-state index in [-0.39, 0.29) is 5.91 Å². The zero-order valence-corrected chi connectivity index (χ0v) is 15.1. The standard InChI is InChI=1S/C19H19N5OS/c25-19(13-16-4-2-12-26-16)24-10-8-23(9-11-24)18-6-5-17(21-22-18)15-3-1-7-20-14-15/h1-7,12,14H,8-11,13H2. The second-order valence-corrected chi connectivity index (χ2v) is 7.17. The Morgan fingerprint density at radius 3 is 2.58 bits per heavy atom. The molecule has 0 aromatic carbocycles. The smallest absolute Gasteiger partial charge is 0.227 e. The molecule has 4 rings (SSSR count). The van der Waals surface area contributed by atoms with E-state index in [2.05, 4.69) is 20.1 Å². The van der Waals surface area contributed by atoms with Gasteiger partial charge in [0.2, 0.25) is 5.91 Å². The summed E-state index contributed by atoms with van der Waals surface area (Å²) in [4.78, 5) is 21.7. The highest BCUT2D eigenvalue weighted by Crippen LogP contribution is 2.19. The third-order valence-electron chi connectivity index (χ3n) is 4.47. The largest absolute Gasteiger partial charge is 0.352 e. The molecule has 0 saturated carbocycles. The van der Waals surface area contributed by atoms with Crippen molar-refractivity contribution >= 4 is 23.1 Å². The lowest BCUT2D eigenvalue weighted by Gasteiger charge is -2.35. The van der Waals surface area contributed by atoms with Crippen LogP contribution in [-0.4, -0.2) is 52.2 Å². The summed E-state index contributed by atoms with van der Waals surface area (Å²) in [6.07, 6.45) is 4.02. The Hall–Kier alpha value is -2.80. The molecule has 0 bridgehead atoms. The molecule has 1 saturated heterocycles. The molecule has 26 heavy (non-hydrogen) atoms. The van der Waals surface area contributed by atoms with Gasteiger partial charge in [0.05, 0.1) is 12.1 Å². The van der Waals surface area contributed by atoms with E-state index in [1.165, 1.54) is 0 Å². The maximum atomic E-state index is 12.4. The van der Waals surface area contributed by atoms with E-state index < -0.39 is 0 Å². The van der Waals surface area contributed by atoms with Crippen molar-refractivity contribution in [1.82, 2.24) is 20.1 Å². The Morgan fingerprint density at radius 1 is 1.04 bits per heavy atom. The summed E-state index contributed by atoms with van der Waals surface area (Å²) in [5.41, 5.74) is 1.77. The number of hydrogen-bond acceptors (Lipinski definition) is 6. The minimum atomic E-state index is 0.199. The van der Waals surface area contributed by atoms with Crippen LogP contribution in [0.25, 0.3) is 11.3 Å². The van der Waals surface area contributed by atoms with Gasteiger partial charge in [0.25, 0.3) is 0 Å². The molecule has 0 radical (unpaired) electrons. The van der Waals surface area contributed by atoms with Gasteiger partial charge in [-0.05, 0) is 35.7 Å². The highest BCUT2D eigenvalue weighted by Gasteiger charge is 2.22. The number of anilines is 1. The number of carbonyl (C=O) groups excluding carboxylic acids is 1. The lowest BCUT2D eigenvalue weighted by molar-refractivity contribution is -0.130. The van der Waals surface area contributed by atoms with E-state index >= 15 is 0 Å². The Balaban J connectivity index is 1.35. The predicted octanol–water partition coefficient (Wildman–Crippen LogP) is 2.49. The van der Waals surface area contributed by atoms with Crippen molar-refractivity contribution in [3.8, 4) is 11.3 Å². The molecule has 0 unspecified atom stereocenters. The number of hydrogen-bond donors (Lipinski definition) is 0. The zero-order chi connectivity index (χ0) is 17.8. The second-order valence-electron chi connectivity index (χ2n) is 6.14. The first-order valence-electron chi connectivity index (χ1n) is 8.59. The highest BCUT2D eigenvalue weighted by molar-refractivity contribution is 7.10. The number of carbonyl (C=O) groups is 1. The summed E-state index contributed by atoms with van der Waals surface area (Å²) < 4.78 is 0.